The van der Waals surface area contributed by atoms with Gasteiger partial charge in [0, 0.05) is 6.54 Å². The lowest BCUT2D eigenvalue weighted by Crippen LogP contribution is -2.34. The SMILES string of the molecule is O=C1S/C(=C/c2cc(Cl)c(OCc3ccc(F)cc3)c(Cl)c2)C(=O)N1CC1CCCCC1. The lowest BCUT2D eigenvalue weighted by Gasteiger charge is -2.25. The Bertz CT molecular complexity index is 1030. The van der Waals surface area contributed by atoms with Gasteiger partial charge >= 0.3 is 0 Å². The lowest BCUT2D eigenvalue weighted by atomic mass is 9.89. The number of ether oxygens (including phenoxy) is 1. The first-order valence-corrected chi connectivity index (χ1v) is 12.1. The molecule has 2 fully saturated rings. The Hall–Kier alpha value is -2.02. The number of halogens is 3. The van der Waals surface area contributed by atoms with Crippen molar-refractivity contribution >= 4 is 52.2 Å². The predicted molar refractivity (Wildman–Crippen MR) is 126 cm³/mol. The smallest absolute Gasteiger partial charge is 0.293 e. The summed E-state index contributed by atoms with van der Waals surface area (Å²) in [5, 5.41) is 0.336. The van der Waals surface area contributed by atoms with E-state index in [4.69, 9.17) is 27.9 Å². The molecule has 1 saturated carbocycles. The van der Waals surface area contributed by atoms with Crippen molar-refractivity contribution in [3.05, 3.63) is 68.3 Å². The molecule has 2 amide bonds. The number of nitrogens with zero attached hydrogens (tertiary/aromatic N) is 1. The lowest BCUT2D eigenvalue weighted by molar-refractivity contribution is -0.123. The van der Waals surface area contributed by atoms with Crippen LogP contribution < -0.4 is 4.74 Å². The van der Waals surface area contributed by atoms with Crippen LogP contribution >= 0.6 is 35.0 Å². The molecular formula is C24H22Cl2FNO3S. The first-order valence-electron chi connectivity index (χ1n) is 10.5. The number of carbonyl (C=O) groups excluding carboxylic acids is 2. The minimum atomic E-state index is -0.322. The zero-order valence-electron chi connectivity index (χ0n) is 17.3. The predicted octanol–water partition coefficient (Wildman–Crippen LogP) is 7.33. The third-order valence-electron chi connectivity index (χ3n) is 5.65. The van der Waals surface area contributed by atoms with Crippen LogP contribution in [0.25, 0.3) is 6.08 Å². The summed E-state index contributed by atoms with van der Waals surface area (Å²) in [7, 11) is 0. The van der Waals surface area contributed by atoms with E-state index < -0.39 is 0 Å². The minimum Gasteiger partial charge on any atom is -0.486 e. The number of amides is 2. The van der Waals surface area contributed by atoms with Crippen molar-refractivity contribution in [3.8, 4) is 5.75 Å². The Kier molecular flexibility index (Phi) is 7.44. The molecule has 0 bridgehead atoms. The van der Waals surface area contributed by atoms with Crippen LogP contribution in [-0.2, 0) is 11.4 Å². The van der Waals surface area contributed by atoms with Crippen LogP contribution in [0.15, 0.2) is 41.3 Å². The first kappa shape index (κ1) is 23.1. The van der Waals surface area contributed by atoms with Gasteiger partial charge in [0.25, 0.3) is 11.1 Å². The zero-order valence-corrected chi connectivity index (χ0v) is 19.6. The highest BCUT2D eigenvalue weighted by molar-refractivity contribution is 8.18. The molecule has 0 aromatic heterocycles. The number of rotatable bonds is 6. The van der Waals surface area contributed by atoms with E-state index in [1.807, 2.05) is 0 Å². The van der Waals surface area contributed by atoms with Gasteiger partial charge in [-0.1, -0.05) is 54.6 Å². The van der Waals surface area contributed by atoms with Crippen molar-refractivity contribution in [2.75, 3.05) is 6.54 Å². The van der Waals surface area contributed by atoms with Crippen LogP contribution in [0.3, 0.4) is 0 Å². The maximum absolute atomic E-state index is 13.0. The van der Waals surface area contributed by atoms with E-state index in [0.29, 0.717) is 28.7 Å². The molecule has 1 heterocycles. The summed E-state index contributed by atoms with van der Waals surface area (Å²) in [4.78, 5) is 26.9. The molecule has 2 aromatic carbocycles. The molecule has 4 nitrogen and oxygen atoms in total. The molecule has 1 saturated heterocycles. The molecule has 0 N–H and O–H groups in total. The Balaban J connectivity index is 1.45. The van der Waals surface area contributed by atoms with Gasteiger partial charge in [-0.25, -0.2) is 4.39 Å². The maximum Gasteiger partial charge on any atom is 0.293 e. The van der Waals surface area contributed by atoms with Gasteiger partial charge in [0.1, 0.15) is 12.4 Å². The topological polar surface area (TPSA) is 46.6 Å². The number of carbonyl (C=O) groups is 2. The first-order chi connectivity index (χ1) is 15.4. The number of thioether (sulfide) groups is 1. The van der Waals surface area contributed by atoms with Gasteiger partial charge in [-0.05, 0) is 72.0 Å². The summed E-state index contributed by atoms with van der Waals surface area (Å²) in [6, 6.07) is 9.23. The van der Waals surface area contributed by atoms with Gasteiger partial charge in [-0.15, -0.1) is 0 Å². The molecule has 8 heteroatoms. The molecule has 32 heavy (non-hydrogen) atoms. The number of imide groups is 1. The third kappa shape index (κ3) is 5.48. The largest absolute Gasteiger partial charge is 0.486 e. The number of benzene rings is 2. The Morgan fingerprint density at radius 1 is 1.06 bits per heavy atom. The fourth-order valence-electron chi connectivity index (χ4n) is 3.97. The van der Waals surface area contributed by atoms with Crippen molar-refractivity contribution in [1.82, 2.24) is 4.90 Å². The summed E-state index contributed by atoms with van der Waals surface area (Å²) in [6.07, 6.45) is 7.29. The molecule has 1 aliphatic carbocycles. The monoisotopic (exact) mass is 493 g/mol. The van der Waals surface area contributed by atoms with Gasteiger partial charge < -0.3 is 4.74 Å². The molecular weight excluding hydrogens is 472 g/mol. The van der Waals surface area contributed by atoms with E-state index in [0.717, 1.165) is 43.0 Å². The van der Waals surface area contributed by atoms with Gasteiger partial charge in [-0.3, -0.25) is 14.5 Å². The van der Waals surface area contributed by atoms with Crippen LogP contribution in [0.4, 0.5) is 9.18 Å². The number of hydrogen-bond donors (Lipinski definition) is 0. The summed E-state index contributed by atoms with van der Waals surface area (Å²) >= 11 is 13.7. The van der Waals surface area contributed by atoms with Crippen LogP contribution in [0, 0.1) is 11.7 Å². The molecule has 2 aromatic rings. The molecule has 0 spiro atoms. The molecule has 2 aliphatic rings. The quantitative estimate of drug-likeness (QED) is 0.395. The summed E-state index contributed by atoms with van der Waals surface area (Å²) in [5.74, 6) is 0.102. The van der Waals surface area contributed by atoms with Gasteiger partial charge in [0.15, 0.2) is 5.75 Å². The molecule has 0 atom stereocenters. The van der Waals surface area contributed by atoms with Gasteiger partial charge in [0.05, 0.1) is 15.0 Å². The second-order valence-electron chi connectivity index (χ2n) is 8.03. The third-order valence-corrected chi connectivity index (χ3v) is 7.12. The second-order valence-corrected chi connectivity index (χ2v) is 9.83. The summed E-state index contributed by atoms with van der Waals surface area (Å²) in [5.41, 5.74) is 1.38. The molecule has 4 rings (SSSR count). The van der Waals surface area contributed by atoms with E-state index >= 15 is 0 Å². The van der Waals surface area contributed by atoms with E-state index in [1.54, 1.807) is 30.3 Å². The minimum absolute atomic E-state index is 0.180. The van der Waals surface area contributed by atoms with Gasteiger partial charge in [0.2, 0.25) is 0 Å². The highest BCUT2D eigenvalue weighted by Crippen LogP contribution is 2.38. The highest BCUT2D eigenvalue weighted by Gasteiger charge is 2.36. The van der Waals surface area contributed by atoms with Crippen LogP contribution in [-0.4, -0.2) is 22.6 Å². The fourth-order valence-corrected chi connectivity index (χ4v) is 5.43. The molecule has 0 radical (unpaired) electrons. The van der Waals surface area contributed by atoms with Gasteiger partial charge in [-0.2, -0.15) is 0 Å². The summed E-state index contributed by atoms with van der Waals surface area (Å²) in [6.45, 7) is 0.665. The van der Waals surface area contributed by atoms with E-state index in [1.165, 1.54) is 23.5 Å². The second kappa shape index (κ2) is 10.3. The van der Waals surface area contributed by atoms with Crippen LogP contribution in [0.2, 0.25) is 10.0 Å². The van der Waals surface area contributed by atoms with E-state index in [-0.39, 0.29) is 33.6 Å². The Morgan fingerprint density at radius 2 is 1.72 bits per heavy atom. The van der Waals surface area contributed by atoms with Crippen molar-refractivity contribution in [3.63, 3.8) is 0 Å². The van der Waals surface area contributed by atoms with Crippen molar-refractivity contribution in [2.45, 2.75) is 38.7 Å². The molecule has 1 aliphatic heterocycles. The van der Waals surface area contributed by atoms with E-state index in [2.05, 4.69) is 0 Å². The standard InChI is InChI=1S/C24H22Cl2FNO3S/c25-19-10-17(11-20(26)22(19)31-14-16-6-8-18(27)9-7-16)12-21-23(29)28(24(30)32-21)13-15-4-2-1-3-5-15/h6-12,15H,1-5,13-14H2/b21-12+. The molecule has 168 valence electrons. The average Bonchev–Trinajstić information content (AvgIpc) is 3.02. The normalized spacial score (nSPS) is 18.6. The highest BCUT2D eigenvalue weighted by atomic mass is 35.5. The van der Waals surface area contributed by atoms with E-state index in [9.17, 15) is 14.0 Å². The van der Waals surface area contributed by atoms with Crippen molar-refractivity contribution in [1.29, 1.82) is 0 Å². The van der Waals surface area contributed by atoms with Crippen LogP contribution in [0.5, 0.6) is 5.75 Å². The van der Waals surface area contributed by atoms with Crippen molar-refractivity contribution in [2.24, 2.45) is 5.92 Å². The van der Waals surface area contributed by atoms with Crippen LogP contribution in [0.1, 0.15) is 43.2 Å². The maximum atomic E-state index is 13.0. The van der Waals surface area contributed by atoms with Crippen molar-refractivity contribution < 1.29 is 18.7 Å². The Morgan fingerprint density at radius 3 is 2.38 bits per heavy atom. The summed E-state index contributed by atoms with van der Waals surface area (Å²) < 4.78 is 18.8. The number of hydrogen-bond acceptors (Lipinski definition) is 4. The zero-order chi connectivity index (χ0) is 22.7. The fraction of sp³-hybridized carbons (Fsp3) is 0.333. The Labute approximate surface area is 200 Å². The molecule has 0 unspecified atom stereocenters. The average molecular weight is 494 g/mol.